The molecular weight excluding hydrogens is 86.1 g/mol. The summed E-state index contributed by atoms with van der Waals surface area (Å²) in [5.74, 6) is 0. The maximum Gasteiger partial charge on any atom is 0.0443 e. The Kier molecular flexibility index (Phi) is 0.988. The zero-order valence-corrected chi connectivity index (χ0v) is 4.39. The van der Waals surface area contributed by atoms with Crippen LogP contribution in [-0.2, 0) is 0 Å². The summed E-state index contributed by atoms with van der Waals surface area (Å²) in [5, 5.41) is 0. The Morgan fingerprint density at radius 2 is 2.43 bits per heavy atom. The van der Waals surface area contributed by atoms with Crippen molar-refractivity contribution < 1.29 is 0 Å². The van der Waals surface area contributed by atoms with Crippen molar-refractivity contribution in [2.24, 2.45) is 5.73 Å². The second kappa shape index (κ2) is 1.51. The van der Waals surface area contributed by atoms with Gasteiger partial charge in [-0.2, -0.15) is 0 Å². The Hall–Kier alpha value is -0.560. The van der Waals surface area contributed by atoms with Gasteiger partial charge in [0.2, 0.25) is 0 Å². The van der Waals surface area contributed by atoms with Gasteiger partial charge in [-0.3, -0.25) is 0 Å². The average Bonchev–Trinajstić information content (AvgIpc) is 1.91. The van der Waals surface area contributed by atoms with Gasteiger partial charge in [-0.15, -0.1) is 0 Å². The minimum absolute atomic E-state index is 0.194. The zero-order chi connectivity index (χ0) is 5.28. The second-order valence-corrected chi connectivity index (χ2v) is 1.82. The Morgan fingerprint density at radius 3 is 2.57 bits per heavy atom. The molecule has 0 aromatic rings. The van der Waals surface area contributed by atoms with Gasteiger partial charge in [-0.25, -0.2) is 0 Å². The molecule has 1 rings (SSSR count). The largest absolute Gasteiger partial charge is 0.321 e. The molecule has 1 aliphatic rings. The van der Waals surface area contributed by atoms with Crippen LogP contribution in [0.5, 0.6) is 0 Å². The maximum absolute atomic E-state index is 5.52. The van der Waals surface area contributed by atoms with Crippen molar-refractivity contribution in [3.05, 3.63) is 23.8 Å². The summed E-state index contributed by atoms with van der Waals surface area (Å²) in [6, 6.07) is 0.194. The summed E-state index contributed by atoms with van der Waals surface area (Å²) in [6.07, 6.45) is 6.00. The van der Waals surface area contributed by atoms with Crippen LogP contribution in [0, 0.1) is 0 Å². The minimum Gasteiger partial charge on any atom is -0.321 e. The molecule has 38 valence electrons. The predicted octanol–water partition coefficient (Wildman–Crippen LogP) is 0.830. The van der Waals surface area contributed by atoms with Crippen molar-refractivity contribution in [1.29, 1.82) is 0 Å². The zero-order valence-electron chi connectivity index (χ0n) is 4.39. The van der Waals surface area contributed by atoms with E-state index in [9.17, 15) is 0 Å². The normalized spacial score (nSPS) is 28.3. The Morgan fingerprint density at radius 1 is 1.71 bits per heavy atom. The van der Waals surface area contributed by atoms with Gasteiger partial charge in [0.25, 0.3) is 0 Å². The van der Waals surface area contributed by atoms with Crippen LogP contribution in [0.4, 0.5) is 0 Å². The molecule has 1 aliphatic carbocycles. The first kappa shape index (κ1) is 4.60. The van der Waals surface area contributed by atoms with Gasteiger partial charge in [0.15, 0.2) is 0 Å². The molecule has 1 atom stereocenters. The molecule has 0 fully saturated rings. The van der Waals surface area contributed by atoms with E-state index in [1.54, 1.807) is 0 Å². The standard InChI is InChI=1S/C6H9N/c1-5-3-2-4-6(5)7/h2-4,6H,7H2,1H3. The topological polar surface area (TPSA) is 26.0 Å². The van der Waals surface area contributed by atoms with E-state index in [1.807, 2.05) is 25.2 Å². The number of rotatable bonds is 0. The monoisotopic (exact) mass is 95.1 g/mol. The van der Waals surface area contributed by atoms with Crippen LogP contribution in [-0.4, -0.2) is 6.04 Å². The van der Waals surface area contributed by atoms with Crippen LogP contribution in [0.15, 0.2) is 23.8 Å². The van der Waals surface area contributed by atoms with Crippen molar-refractivity contribution in [3.63, 3.8) is 0 Å². The molecule has 0 bridgehead atoms. The molecule has 1 nitrogen and oxygen atoms in total. The van der Waals surface area contributed by atoms with Gasteiger partial charge in [0.1, 0.15) is 0 Å². The van der Waals surface area contributed by atoms with E-state index in [0.29, 0.717) is 0 Å². The average molecular weight is 95.1 g/mol. The lowest BCUT2D eigenvalue weighted by atomic mass is 10.2. The highest BCUT2D eigenvalue weighted by atomic mass is 14.6. The van der Waals surface area contributed by atoms with Gasteiger partial charge in [0.05, 0.1) is 0 Å². The van der Waals surface area contributed by atoms with Crippen molar-refractivity contribution in [1.82, 2.24) is 0 Å². The fourth-order valence-corrected chi connectivity index (χ4v) is 0.590. The van der Waals surface area contributed by atoms with Crippen LogP contribution in [0.2, 0.25) is 0 Å². The highest BCUT2D eigenvalue weighted by Crippen LogP contribution is 2.06. The van der Waals surface area contributed by atoms with E-state index in [1.165, 1.54) is 5.57 Å². The van der Waals surface area contributed by atoms with E-state index < -0.39 is 0 Å². The van der Waals surface area contributed by atoms with Crippen LogP contribution in [0.3, 0.4) is 0 Å². The SMILES string of the molecule is CC1=CC=CC1N. The molecule has 0 amide bonds. The lowest BCUT2D eigenvalue weighted by Gasteiger charge is -1.97. The van der Waals surface area contributed by atoms with Crippen molar-refractivity contribution in [2.45, 2.75) is 13.0 Å². The first-order valence-electron chi connectivity index (χ1n) is 2.41. The Labute approximate surface area is 43.5 Å². The molecule has 0 saturated carbocycles. The lowest BCUT2D eigenvalue weighted by molar-refractivity contribution is 0.969. The maximum atomic E-state index is 5.52. The summed E-state index contributed by atoms with van der Waals surface area (Å²) in [5.41, 5.74) is 6.77. The van der Waals surface area contributed by atoms with Gasteiger partial charge in [-0.1, -0.05) is 23.8 Å². The van der Waals surface area contributed by atoms with Gasteiger partial charge < -0.3 is 5.73 Å². The summed E-state index contributed by atoms with van der Waals surface area (Å²) >= 11 is 0. The third kappa shape index (κ3) is 0.722. The highest BCUT2D eigenvalue weighted by molar-refractivity contribution is 5.28. The summed E-state index contributed by atoms with van der Waals surface area (Å²) in [7, 11) is 0. The van der Waals surface area contributed by atoms with E-state index in [-0.39, 0.29) is 6.04 Å². The molecule has 0 radical (unpaired) electrons. The fourth-order valence-electron chi connectivity index (χ4n) is 0.590. The molecular formula is C6H9N. The summed E-state index contributed by atoms with van der Waals surface area (Å²) in [6.45, 7) is 2.03. The molecule has 0 aromatic carbocycles. The van der Waals surface area contributed by atoms with E-state index >= 15 is 0 Å². The summed E-state index contributed by atoms with van der Waals surface area (Å²) in [4.78, 5) is 0. The quantitative estimate of drug-likeness (QED) is 0.474. The van der Waals surface area contributed by atoms with Crippen LogP contribution < -0.4 is 5.73 Å². The van der Waals surface area contributed by atoms with Crippen LogP contribution in [0.1, 0.15) is 6.92 Å². The minimum atomic E-state index is 0.194. The molecule has 0 saturated heterocycles. The first-order valence-corrected chi connectivity index (χ1v) is 2.41. The van der Waals surface area contributed by atoms with Gasteiger partial charge in [0, 0.05) is 6.04 Å². The summed E-state index contributed by atoms with van der Waals surface area (Å²) < 4.78 is 0. The van der Waals surface area contributed by atoms with E-state index in [0.717, 1.165) is 0 Å². The smallest absolute Gasteiger partial charge is 0.0443 e. The molecule has 0 spiro atoms. The van der Waals surface area contributed by atoms with Gasteiger partial charge >= 0.3 is 0 Å². The van der Waals surface area contributed by atoms with E-state index in [2.05, 4.69) is 0 Å². The lowest BCUT2D eigenvalue weighted by Crippen LogP contribution is -2.14. The third-order valence-electron chi connectivity index (χ3n) is 1.20. The number of allylic oxidation sites excluding steroid dienone is 2. The fraction of sp³-hybridized carbons (Fsp3) is 0.333. The third-order valence-corrected chi connectivity index (χ3v) is 1.20. The van der Waals surface area contributed by atoms with Crippen LogP contribution in [0.25, 0.3) is 0 Å². The highest BCUT2D eigenvalue weighted by Gasteiger charge is 2.01. The van der Waals surface area contributed by atoms with Gasteiger partial charge in [-0.05, 0) is 6.92 Å². The number of hydrogen-bond acceptors (Lipinski definition) is 1. The number of nitrogens with two attached hydrogens (primary N) is 1. The second-order valence-electron chi connectivity index (χ2n) is 1.82. The van der Waals surface area contributed by atoms with Crippen LogP contribution >= 0.6 is 0 Å². The molecule has 2 N–H and O–H groups in total. The Balaban J connectivity index is 2.69. The number of hydrogen-bond donors (Lipinski definition) is 1. The van der Waals surface area contributed by atoms with E-state index in [4.69, 9.17) is 5.73 Å². The molecule has 0 aliphatic heterocycles. The molecule has 0 aromatic heterocycles. The van der Waals surface area contributed by atoms with Crippen molar-refractivity contribution in [3.8, 4) is 0 Å². The predicted molar refractivity (Wildman–Crippen MR) is 30.9 cm³/mol. The Bertz CT molecular complexity index is 122. The molecule has 7 heavy (non-hydrogen) atoms. The molecule has 1 unspecified atom stereocenters. The first-order chi connectivity index (χ1) is 3.30. The molecule has 0 heterocycles. The van der Waals surface area contributed by atoms with Crippen molar-refractivity contribution >= 4 is 0 Å². The van der Waals surface area contributed by atoms with Crippen molar-refractivity contribution in [2.75, 3.05) is 0 Å². The molecule has 1 heteroatoms.